The molecule has 1 atom stereocenters. The summed E-state index contributed by atoms with van der Waals surface area (Å²) in [5.41, 5.74) is 0.828. The van der Waals surface area contributed by atoms with Crippen LogP contribution in [0.2, 0.25) is 0 Å². The van der Waals surface area contributed by atoms with Gasteiger partial charge in [-0.25, -0.2) is 9.78 Å². The topological polar surface area (TPSA) is 122 Å². The van der Waals surface area contributed by atoms with Gasteiger partial charge in [-0.2, -0.15) is 0 Å². The van der Waals surface area contributed by atoms with E-state index >= 15 is 0 Å². The van der Waals surface area contributed by atoms with Crippen LogP contribution in [0.25, 0.3) is 15.9 Å². The third kappa shape index (κ3) is 4.54. The molecule has 4 rings (SSSR count). The molecule has 186 valence electrons. The van der Waals surface area contributed by atoms with Gasteiger partial charge in [0.2, 0.25) is 0 Å². The maximum Gasteiger partial charge on any atom is 0.331 e. The van der Waals surface area contributed by atoms with Crippen molar-refractivity contribution in [2.75, 3.05) is 20.2 Å². The molecule has 35 heavy (non-hydrogen) atoms. The molecular formula is C24H29N5O5S. The molecule has 0 aromatic carbocycles. The molecule has 0 spiro atoms. The van der Waals surface area contributed by atoms with Crippen molar-refractivity contribution in [1.29, 1.82) is 0 Å². The second-order valence-electron chi connectivity index (χ2n) is 9.11. The molecule has 4 heterocycles. The predicted molar refractivity (Wildman–Crippen MR) is 134 cm³/mol. The molecule has 0 radical (unpaired) electrons. The van der Waals surface area contributed by atoms with Gasteiger partial charge >= 0.3 is 5.69 Å². The first-order valence-electron chi connectivity index (χ1n) is 11.3. The summed E-state index contributed by atoms with van der Waals surface area (Å²) in [6.07, 6.45) is 2.82. The number of amides is 1. The number of hydrogen-bond donors (Lipinski definition) is 2. The van der Waals surface area contributed by atoms with Crippen molar-refractivity contribution in [3.05, 3.63) is 67.6 Å². The van der Waals surface area contributed by atoms with Gasteiger partial charge in [-0.3, -0.25) is 18.7 Å². The Hall–Kier alpha value is -3.28. The SMILES string of the molecule is CC(C)Cn1c(=O)n(C)c(=O)c2c(C(=O)N(C)C[C@H](O)CO)c(Cc3cnc4ccccn34)sc21. The lowest BCUT2D eigenvalue weighted by molar-refractivity contribution is 0.0521. The summed E-state index contributed by atoms with van der Waals surface area (Å²) in [5, 5.41) is 19.3. The van der Waals surface area contributed by atoms with E-state index in [9.17, 15) is 24.6 Å². The first-order chi connectivity index (χ1) is 16.6. The van der Waals surface area contributed by atoms with Crippen LogP contribution in [0.15, 0.2) is 40.2 Å². The van der Waals surface area contributed by atoms with Gasteiger partial charge < -0.3 is 19.5 Å². The molecule has 0 saturated carbocycles. The molecule has 2 N–H and O–H groups in total. The van der Waals surface area contributed by atoms with Crippen molar-refractivity contribution < 1.29 is 15.0 Å². The molecule has 0 unspecified atom stereocenters. The van der Waals surface area contributed by atoms with Gasteiger partial charge in [0, 0.05) is 56.6 Å². The fourth-order valence-corrected chi connectivity index (χ4v) is 5.48. The predicted octanol–water partition coefficient (Wildman–Crippen LogP) is 1.08. The largest absolute Gasteiger partial charge is 0.394 e. The standard InChI is InChI=1S/C24H29N5O5S/c1-14(2)11-29-23-20(22(33)27(4)24(29)34)19(21(32)26(3)12-16(31)13-30)17(35-23)9-15-10-25-18-7-5-6-8-28(15)18/h5-8,10,14,16,30-31H,9,11-13H2,1-4H3/t16-/m0/s1. The van der Waals surface area contributed by atoms with Gasteiger partial charge in [0.05, 0.1) is 23.7 Å². The van der Waals surface area contributed by atoms with Gasteiger partial charge in [-0.1, -0.05) is 19.9 Å². The van der Waals surface area contributed by atoms with Gasteiger partial charge in [0.1, 0.15) is 10.5 Å². The van der Waals surface area contributed by atoms with Crippen LogP contribution < -0.4 is 11.2 Å². The maximum absolute atomic E-state index is 13.6. The molecule has 0 aliphatic heterocycles. The van der Waals surface area contributed by atoms with Crippen LogP contribution in [0.1, 0.15) is 34.8 Å². The molecule has 0 saturated heterocycles. The highest BCUT2D eigenvalue weighted by atomic mass is 32.1. The minimum atomic E-state index is -1.11. The fraction of sp³-hybridized carbons (Fsp3) is 0.417. The summed E-state index contributed by atoms with van der Waals surface area (Å²) in [4.78, 5) is 46.8. The van der Waals surface area contributed by atoms with E-state index in [2.05, 4.69) is 4.98 Å². The summed E-state index contributed by atoms with van der Waals surface area (Å²) in [6, 6.07) is 5.64. The minimum Gasteiger partial charge on any atom is -0.394 e. The molecule has 1 amide bonds. The normalized spacial score (nSPS) is 12.7. The quantitative estimate of drug-likeness (QED) is 0.374. The highest BCUT2D eigenvalue weighted by Gasteiger charge is 2.28. The smallest absolute Gasteiger partial charge is 0.331 e. The number of imidazole rings is 1. The molecule has 0 aliphatic carbocycles. The minimum absolute atomic E-state index is 0.103. The van der Waals surface area contributed by atoms with E-state index in [0.29, 0.717) is 22.7 Å². The van der Waals surface area contributed by atoms with Crippen LogP contribution in [0, 0.1) is 5.92 Å². The molecule has 10 nitrogen and oxygen atoms in total. The summed E-state index contributed by atoms with van der Waals surface area (Å²) in [5.74, 6) is -0.321. The zero-order valence-electron chi connectivity index (χ0n) is 20.1. The summed E-state index contributed by atoms with van der Waals surface area (Å²) in [7, 11) is 2.92. The van der Waals surface area contributed by atoms with Gasteiger partial charge in [0.25, 0.3) is 11.5 Å². The number of fused-ring (bicyclic) bond motifs is 2. The Labute approximate surface area is 205 Å². The van der Waals surface area contributed by atoms with Crippen molar-refractivity contribution in [3.63, 3.8) is 0 Å². The Kier molecular flexibility index (Phi) is 6.93. The van der Waals surface area contributed by atoms with Gasteiger partial charge in [-0.05, 0) is 18.1 Å². The number of carbonyl (C=O) groups is 1. The Bertz CT molecular complexity index is 1510. The summed E-state index contributed by atoms with van der Waals surface area (Å²) >= 11 is 1.26. The number of aromatic nitrogens is 4. The van der Waals surface area contributed by atoms with Crippen LogP contribution in [0.3, 0.4) is 0 Å². The van der Waals surface area contributed by atoms with E-state index < -0.39 is 29.9 Å². The molecule has 0 aliphatic rings. The van der Waals surface area contributed by atoms with Crippen LogP contribution in [-0.2, 0) is 20.0 Å². The number of pyridine rings is 1. The van der Waals surface area contributed by atoms with E-state index in [4.69, 9.17) is 0 Å². The molecule has 4 aromatic heterocycles. The van der Waals surface area contributed by atoms with Crippen molar-refractivity contribution in [1.82, 2.24) is 23.4 Å². The number of nitrogens with zero attached hydrogens (tertiary/aromatic N) is 5. The number of aliphatic hydroxyl groups is 2. The fourth-order valence-electron chi connectivity index (χ4n) is 4.18. The number of hydrogen-bond acceptors (Lipinski definition) is 7. The molecule has 11 heteroatoms. The second-order valence-corrected chi connectivity index (χ2v) is 10.2. The molecule has 0 fully saturated rings. The number of thiophene rings is 1. The Balaban J connectivity index is 1.97. The zero-order chi connectivity index (χ0) is 25.4. The van der Waals surface area contributed by atoms with Crippen LogP contribution in [0.5, 0.6) is 0 Å². The Morgan fingerprint density at radius 1 is 1.26 bits per heavy atom. The number of carbonyl (C=O) groups excluding carboxylic acids is 1. The average molecular weight is 500 g/mol. The van der Waals surface area contributed by atoms with Crippen molar-refractivity contribution in [3.8, 4) is 0 Å². The molecular weight excluding hydrogens is 470 g/mol. The van der Waals surface area contributed by atoms with Gasteiger partial charge in [-0.15, -0.1) is 11.3 Å². The highest BCUT2D eigenvalue weighted by molar-refractivity contribution is 7.19. The van der Waals surface area contributed by atoms with Gasteiger partial charge in [0.15, 0.2) is 0 Å². The van der Waals surface area contributed by atoms with Crippen LogP contribution in [0.4, 0.5) is 0 Å². The van der Waals surface area contributed by atoms with Crippen LogP contribution in [-0.4, -0.2) is 65.8 Å². The van der Waals surface area contributed by atoms with E-state index in [1.54, 1.807) is 10.8 Å². The lowest BCUT2D eigenvalue weighted by Gasteiger charge is -2.20. The van der Waals surface area contributed by atoms with Crippen LogP contribution >= 0.6 is 11.3 Å². The monoisotopic (exact) mass is 499 g/mol. The lowest BCUT2D eigenvalue weighted by atomic mass is 10.1. The average Bonchev–Trinajstić information content (AvgIpc) is 3.41. The molecule has 0 bridgehead atoms. The zero-order valence-corrected chi connectivity index (χ0v) is 20.9. The summed E-state index contributed by atoms with van der Waals surface area (Å²) < 4.78 is 4.51. The van der Waals surface area contributed by atoms with E-state index in [1.807, 2.05) is 42.6 Å². The lowest BCUT2D eigenvalue weighted by Crippen LogP contribution is -2.40. The van der Waals surface area contributed by atoms with E-state index in [0.717, 1.165) is 15.9 Å². The number of aliphatic hydroxyl groups excluding tert-OH is 2. The Morgan fingerprint density at radius 2 is 2.00 bits per heavy atom. The number of rotatable bonds is 8. The first kappa shape index (κ1) is 24.8. The third-order valence-electron chi connectivity index (χ3n) is 5.88. The molecule has 4 aromatic rings. The number of likely N-dealkylation sites (N-methyl/N-ethyl adjacent to an activating group) is 1. The van der Waals surface area contributed by atoms with Crippen molar-refractivity contribution in [2.24, 2.45) is 13.0 Å². The van der Waals surface area contributed by atoms with E-state index in [-0.39, 0.29) is 23.4 Å². The Morgan fingerprint density at radius 3 is 2.69 bits per heavy atom. The van der Waals surface area contributed by atoms with Crippen molar-refractivity contribution >= 4 is 33.1 Å². The third-order valence-corrected chi connectivity index (χ3v) is 7.10. The summed E-state index contributed by atoms with van der Waals surface area (Å²) in [6.45, 7) is 3.75. The second kappa shape index (κ2) is 9.76. The first-order valence-corrected chi connectivity index (χ1v) is 12.2. The van der Waals surface area contributed by atoms with Crippen molar-refractivity contribution in [2.45, 2.75) is 32.9 Å². The van der Waals surface area contributed by atoms with E-state index in [1.165, 1.54) is 30.3 Å². The maximum atomic E-state index is 13.6. The highest BCUT2D eigenvalue weighted by Crippen LogP contribution is 2.32.